The molecule has 4 N–H and O–H groups in total. The third-order valence-electron chi connectivity index (χ3n) is 2.44. The first-order valence-corrected chi connectivity index (χ1v) is 5.72. The van der Waals surface area contributed by atoms with Gasteiger partial charge < -0.3 is 11.5 Å². The molecule has 1 aromatic carbocycles. The van der Waals surface area contributed by atoms with Crippen molar-refractivity contribution in [3.63, 3.8) is 0 Å². The second-order valence-electron chi connectivity index (χ2n) is 3.95. The zero-order valence-electron chi connectivity index (χ0n) is 10.0. The second kappa shape index (κ2) is 5.81. The van der Waals surface area contributed by atoms with Crippen molar-refractivity contribution in [3.05, 3.63) is 47.8 Å². The van der Waals surface area contributed by atoms with Gasteiger partial charge in [-0.15, -0.1) is 5.10 Å². The summed E-state index contributed by atoms with van der Waals surface area (Å²) in [5.41, 5.74) is 12.6. The molecule has 6 nitrogen and oxygen atoms in total. The Morgan fingerprint density at radius 3 is 2.72 bits per heavy atom. The molecule has 0 radical (unpaired) electrons. The maximum atomic E-state index is 5.25. The molecule has 0 aliphatic heterocycles. The Labute approximate surface area is 105 Å². The third-order valence-corrected chi connectivity index (χ3v) is 2.44. The van der Waals surface area contributed by atoms with Crippen LogP contribution in [0.25, 0.3) is 0 Å². The van der Waals surface area contributed by atoms with Gasteiger partial charge in [0, 0.05) is 19.2 Å². The van der Waals surface area contributed by atoms with Crippen LogP contribution in [0.1, 0.15) is 11.3 Å². The molecule has 0 atom stereocenters. The molecule has 1 heterocycles. The van der Waals surface area contributed by atoms with Crippen molar-refractivity contribution in [1.82, 2.24) is 15.0 Å². The van der Waals surface area contributed by atoms with Gasteiger partial charge in [0.05, 0.1) is 12.2 Å². The molecule has 0 aliphatic carbocycles. The van der Waals surface area contributed by atoms with Crippen molar-refractivity contribution in [2.24, 2.45) is 16.5 Å². The summed E-state index contributed by atoms with van der Waals surface area (Å²) in [6.07, 6.45) is 2.60. The van der Waals surface area contributed by atoms with E-state index in [1.165, 1.54) is 5.56 Å². The van der Waals surface area contributed by atoms with Crippen LogP contribution in [0.4, 0.5) is 0 Å². The van der Waals surface area contributed by atoms with E-state index in [0.717, 1.165) is 12.2 Å². The van der Waals surface area contributed by atoms with Gasteiger partial charge in [-0.25, -0.2) is 4.68 Å². The standard InChI is InChI=1S/C12H16N6/c13-12(14)15-7-6-11-9-18(17-16-11)8-10-4-2-1-3-5-10/h1-5,9H,6-8H2,(H4,13,14,15). The SMILES string of the molecule is NC(N)=NCCc1cn(Cc2ccccc2)nn1. The number of aliphatic imine (C=N–C) groups is 1. The average Bonchev–Trinajstić information content (AvgIpc) is 2.78. The van der Waals surface area contributed by atoms with Crippen molar-refractivity contribution in [3.8, 4) is 0 Å². The molecule has 0 saturated carbocycles. The fourth-order valence-corrected chi connectivity index (χ4v) is 1.60. The van der Waals surface area contributed by atoms with Crippen LogP contribution < -0.4 is 11.5 Å². The number of benzene rings is 1. The fourth-order valence-electron chi connectivity index (χ4n) is 1.60. The first kappa shape index (κ1) is 12.1. The number of hydrogen-bond donors (Lipinski definition) is 2. The number of hydrogen-bond acceptors (Lipinski definition) is 3. The normalized spacial score (nSPS) is 10.2. The van der Waals surface area contributed by atoms with Crippen LogP contribution in [0.2, 0.25) is 0 Å². The number of rotatable bonds is 5. The first-order chi connectivity index (χ1) is 8.74. The highest BCUT2D eigenvalue weighted by Gasteiger charge is 2.01. The van der Waals surface area contributed by atoms with Crippen LogP contribution in [0.3, 0.4) is 0 Å². The van der Waals surface area contributed by atoms with Gasteiger partial charge in [-0.2, -0.15) is 0 Å². The van der Waals surface area contributed by atoms with Gasteiger partial charge in [-0.3, -0.25) is 4.99 Å². The molecule has 0 saturated heterocycles. The predicted octanol–water partition coefficient (Wildman–Crippen LogP) is 0.142. The molecule has 94 valence electrons. The number of aromatic nitrogens is 3. The minimum absolute atomic E-state index is 0.103. The molecular weight excluding hydrogens is 228 g/mol. The highest BCUT2D eigenvalue weighted by molar-refractivity contribution is 5.75. The first-order valence-electron chi connectivity index (χ1n) is 5.72. The Morgan fingerprint density at radius 1 is 1.22 bits per heavy atom. The number of nitrogens with zero attached hydrogens (tertiary/aromatic N) is 4. The molecular formula is C12H16N6. The molecule has 0 unspecified atom stereocenters. The van der Waals surface area contributed by atoms with E-state index in [9.17, 15) is 0 Å². The molecule has 1 aromatic heterocycles. The van der Waals surface area contributed by atoms with Gasteiger partial charge in [0.1, 0.15) is 0 Å². The number of nitrogens with two attached hydrogens (primary N) is 2. The predicted molar refractivity (Wildman–Crippen MR) is 69.9 cm³/mol. The summed E-state index contributed by atoms with van der Waals surface area (Å²) in [7, 11) is 0. The van der Waals surface area contributed by atoms with E-state index in [1.54, 1.807) is 4.68 Å². The van der Waals surface area contributed by atoms with Crippen molar-refractivity contribution >= 4 is 5.96 Å². The summed E-state index contributed by atoms with van der Waals surface area (Å²) in [5, 5.41) is 8.14. The van der Waals surface area contributed by atoms with Gasteiger partial charge >= 0.3 is 0 Å². The molecule has 0 aliphatic rings. The van der Waals surface area contributed by atoms with E-state index in [0.29, 0.717) is 13.0 Å². The topological polar surface area (TPSA) is 95.1 Å². The molecule has 2 rings (SSSR count). The maximum Gasteiger partial charge on any atom is 0.185 e. The summed E-state index contributed by atoms with van der Waals surface area (Å²) in [6.45, 7) is 1.25. The molecule has 18 heavy (non-hydrogen) atoms. The van der Waals surface area contributed by atoms with Gasteiger partial charge in [-0.05, 0) is 5.56 Å². The Kier molecular flexibility index (Phi) is 3.90. The van der Waals surface area contributed by atoms with E-state index < -0.39 is 0 Å². The van der Waals surface area contributed by atoms with E-state index in [4.69, 9.17) is 11.5 Å². The Morgan fingerprint density at radius 2 is 2.00 bits per heavy atom. The highest BCUT2D eigenvalue weighted by Crippen LogP contribution is 2.02. The van der Waals surface area contributed by atoms with Gasteiger partial charge in [-0.1, -0.05) is 35.5 Å². The lowest BCUT2D eigenvalue weighted by molar-refractivity contribution is 0.649. The summed E-state index contributed by atoms with van der Waals surface area (Å²) in [6, 6.07) is 10.1. The highest BCUT2D eigenvalue weighted by atomic mass is 15.4. The van der Waals surface area contributed by atoms with Crippen LogP contribution in [-0.4, -0.2) is 27.5 Å². The van der Waals surface area contributed by atoms with Crippen molar-refractivity contribution in [2.75, 3.05) is 6.54 Å². The van der Waals surface area contributed by atoms with Crippen LogP contribution in [0.15, 0.2) is 41.5 Å². The lowest BCUT2D eigenvalue weighted by atomic mass is 10.2. The quantitative estimate of drug-likeness (QED) is 0.578. The van der Waals surface area contributed by atoms with E-state index in [-0.39, 0.29) is 5.96 Å². The lowest BCUT2D eigenvalue weighted by Gasteiger charge is -1.99. The molecule has 6 heteroatoms. The van der Waals surface area contributed by atoms with E-state index in [1.807, 2.05) is 24.4 Å². The van der Waals surface area contributed by atoms with Gasteiger partial charge in [0.2, 0.25) is 0 Å². The third kappa shape index (κ3) is 3.58. The summed E-state index contributed by atoms with van der Waals surface area (Å²) in [4.78, 5) is 3.91. The molecule has 2 aromatic rings. The van der Waals surface area contributed by atoms with Crippen LogP contribution in [0.5, 0.6) is 0 Å². The molecule has 0 bridgehead atoms. The van der Waals surface area contributed by atoms with Crippen molar-refractivity contribution in [2.45, 2.75) is 13.0 Å². The molecule has 0 fully saturated rings. The Balaban J connectivity index is 1.92. The monoisotopic (exact) mass is 244 g/mol. The minimum atomic E-state index is 0.103. The average molecular weight is 244 g/mol. The number of guanidine groups is 1. The maximum absolute atomic E-state index is 5.25. The molecule has 0 amide bonds. The van der Waals surface area contributed by atoms with Crippen molar-refractivity contribution < 1.29 is 0 Å². The second-order valence-corrected chi connectivity index (χ2v) is 3.95. The van der Waals surface area contributed by atoms with E-state index >= 15 is 0 Å². The Bertz CT molecular complexity index is 512. The lowest BCUT2D eigenvalue weighted by Crippen LogP contribution is -2.23. The summed E-state index contributed by atoms with van der Waals surface area (Å²) >= 11 is 0. The van der Waals surface area contributed by atoms with Crippen LogP contribution >= 0.6 is 0 Å². The van der Waals surface area contributed by atoms with Crippen molar-refractivity contribution in [1.29, 1.82) is 0 Å². The fraction of sp³-hybridized carbons (Fsp3) is 0.250. The van der Waals surface area contributed by atoms with E-state index in [2.05, 4.69) is 27.4 Å². The summed E-state index contributed by atoms with van der Waals surface area (Å²) < 4.78 is 1.81. The largest absolute Gasteiger partial charge is 0.370 e. The zero-order valence-corrected chi connectivity index (χ0v) is 10.0. The smallest absolute Gasteiger partial charge is 0.185 e. The Hall–Kier alpha value is -2.37. The summed E-state index contributed by atoms with van der Waals surface area (Å²) in [5.74, 6) is 0.103. The minimum Gasteiger partial charge on any atom is -0.370 e. The zero-order chi connectivity index (χ0) is 12.8. The van der Waals surface area contributed by atoms with Crippen LogP contribution in [-0.2, 0) is 13.0 Å². The molecule has 0 spiro atoms. The van der Waals surface area contributed by atoms with Gasteiger partial charge in [0.25, 0.3) is 0 Å². The van der Waals surface area contributed by atoms with Crippen LogP contribution in [0, 0.1) is 0 Å². The van der Waals surface area contributed by atoms with Gasteiger partial charge in [0.15, 0.2) is 5.96 Å².